The molecule has 0 unspecified atom stereocenters. The summed E-state index contributed by atoms with van der Waals surface area (Å²) in [5.74, 6) is 0. The minimum atomic E-state index is -0.509. The average molecular weight is 190 g/mol. The first-order valence-corrected chi connectivity index (χ1v) is 4.28. The molecule has 0 saturated heterocycles. The van der Waals surface area contributed by atoms with Crippen molar-refractivity contribution in [3.63, 3.8) is 0 Å². The average Bonchev–Trinajstić information content (AvgIpc) is 1.94. The van der Waals surface area contributed by atoms with Gasteiger partial charge in [-0.25, -0.2) is 10.2 Å². The highest BCUT2D eigenvalue weighted by atomic mass is 16.6. The van der Waals surface area contributed by atoms with E-state index in [0.717, 1.165) is 0 Å². The summed E-state index contributed by atoms with van der Waals surface area (Å²) in [5, 5.41) is 8.43. The molecule has 1 amide bonds. The van der Waals surface area contributed by atoms with Gasteiger partial charge in [-0.3, -0.25) is 5.43 Å². The lowest BCUT2D eigenvalue weighted by Crippen LogP contribution is -2.41. The van der Waals surface area contributed by atoms with Crippen molar-refractivity contribution in [2.75, 3.05) is 13.2 Å². The van der Waals surface area contributed by atoms with Crippen molar-refractivity contribution in [3.8, 4) is 0 Å². The van der Waals surface area contributed by atoms with Gasteiger partial charge in [0, 0.05) is 13.2 Å². The fourth-order valence-corrected chi connectivity index (χ4v) is 0.606. The normalized spacial score (nSPS) is 11.1. The maximum atomic E-state index is 11.0. The third-order valence-electron chi connectivity index (χ3n) is 1.05. The number of carbonyl (C=O) groups is 1. The van der Waals surface area contributed by atoms with Crippen molar-refractivity contribution >= 4 is 6.09 Å². The number of aliphatic hydroxyl groups excluding tert-OH is 1. The van der Waals surface area contributed by atoms with Crippen LogP contribution in [0.1, 0.15) is 27.2 Å². The molecule has 0 heterocycles. The second kappa shape index (κ2) is 5.77. The molecule has 0 radical (unpaired) electrons. The number of hydrogen-bond donors (Lipinski definition) is 3. The van der Waals surface area contributed by atoms with E-state index in [1.165, 1.54) is 0 Å². The van der Waals surface area contributed by atoms with E-state index in [-0.39, 0.29) is 6.61 Å². The lowest BCUT2D eigenvalue weighted by Gasteiger charge is -2.19. The SMILES string of the molecule is CC(C)(C)OC(=O)NNCCCO. The summed E-state index contributed by atoms with van der Waals surface area (Å²) < 4.78 is 4.94. The van der Waals surface area contributed by atoms with Gasteiger partial charge in [-0.1, -0.05) is 0 Å². The number of amides is 1. The van der Waals surface area contributed by atoms with Gasteiger partial charge < -0.3 is 9.84 Å². The molecule has 5 nitrogen and oxygen atoms in total. The van der Waals surface area contributed by atoms with Crippen LogP contribution in [0.5, 0.6) is 0 Å². The zero-order valence-corrected chi connectivity index (χ0v) is 8.39. The zero-order chi connectivity index (χ0) is 10.3. The first-order valence-electron chi connectivity index (χ1n) is 4.28. The lowest BCUT2D eigenvalue weighted by molar-refractivity contribution is 0.0497. The summed E-state index contributed by atoms with van der Waals surface area (Å²) >= 11 is 0. The van der Waals surface area contributed by atoms with E-state index in [4.69, 9.17) is 9.84 Å². The molecule has 0 aliphatic rings. The molecule has 0 aliphatic heterocycles. The molecule has 78 valence electrons. The van der Waals surface area contributed by atoms with Gasteiger partial charge in [0.2, 0.25) is 0 Å². The molecule has 3 N–H and O–H groups in total. The number of aliphatic hydroxyl groups is 1. The Morgan fingerprint density at radius 3 is 2.54 bits per heavy atom. The predicted molar refractivity (Wildman–Crippen MR) is 49.1 cm³/mol. The fourth-order valence-electron chi connectivity index (χ4n) is 0.606. The van der Waals surface area contributed by atoms with E-state index in [1.807, 2.05) is 0 Å². The Hall–Kier alpha value is -0.810. The second-order valence-corrected chi connectivity index (χ2v) is 3.63. The lowest BCUT2D eigenvalue weighted by atomic mass is 10.2. The van der Waals surface area contributed by atoms with Crippen molar-refractivity contribution < 1.29 is 14.6 Å². The molecule has 0 spiro atoms. The molecule has 0 saturated carbocycles. The molecular formula is C8H18N2O3. The molecule has 5 heteroatoms. The van der Waals surface area contributed by atoms with Gasteiger partial charge in [-0.05, 0) is 27.2 Å². The van der Waals surface area contributed by atoms with Gasteiger partial charge in [-0.15, -0.1) is 0 Å². The summed E-state index contributed by atoms with van der Waals surface area (Å²) in [6, 6.07) is 0. The smallest absolute Gasteiger partial charge is 0.422 e. The fraction of sp³-hybridized carbons (Fsp3) is 0.875. The van der Waals surface area contributed by atoms with Crippen molar-refractivity contribution in [2.24, 2.45) is 0 Å². The van der Waals surface area contributed by atoms with E-state index in [0.29, 0.717) is 13.0 Å². The van der Waals surface area contributed by atoms with Gasteiger partial charge in [-0.2, -0.15) is 0 Å². The number of rotatable bonds is 4. The van der Waals surface area contributed by atoms with Crippen molar-refractivity contribution in [1.29, 1.82) is 0 Å². The maximum Gasteiger partial charge on any atom is 0.422 e. The third-order valence-corrected chi connectivity index (χ3v) is 1.05. The van der Waals surface area contributed by atoms with Crippen LogP contribution in [0, 0.1) is 0 Å². The second-order valence-electron chi connectivity index (χ2n) is 3.63. The molecule has 0 atom stereocenters. The summed E-state index contributed by atoms with van der Waals surface area (Å²) in [4.78, 5) is 11.0. The van der Waals surface area contributed by atoms with Crippen LogP contribution in [-0.2, 0) is 4.74 Å². The van der Waals surface area contributed by atoms with Crippen LogP contribution < -0.4 is 10.9 Å². The quantitative estimate of drug-likeness (QED) is 0.443. The number of hydrogen-bond acceptors (Lipinski definition) is 4. The Balaban J connectivity index is 3.41. The third kappa shape index (κ3) is 9.10. The van der Waals surface area contributed by atoms with Gasteiger partial charge in [0.15, 0.2) is 0 Å². The monoisotopic (exact) mass is 190 g/mol. The van der Waals surface area contributed by atoms with Gasteiger partial charge >= 0.3 is 6.09 Å². The topological polar surface area (TPSA) is 70.6 Å². The minimum absolute atomic E-state index is 0.100. The molecule has 0 aromatic heterocycles. The van der Waals surface area contributed by atoms with E-state index in [9.17, 15) is 4.79 Å². The Morgan fingerprint density at radius 2 is 2.08 bits per heavy atom. The molecule has 0 aromatic rings. The predicted octanol–water partition coefficient (Wildman–Crippen LogP) is 0.398. The van der Waals surface area contributed by atoms with Gasteiger partial charge in [0.05, 0.1) is 0 Å². The molecule has 0 aliphatic carbocycles. The summed E-state index contributed by atoms with van der Waals surface area (Å²) in [5.41, 5.74) is 4.49. The van der Waals surface area contributed by atoms with Crippen molar-refractivity contribution in [3.05, 3.63) is 0 Å². The van der Waals surface area contributed by atoms with Crippen molar-refractivity contribution in [2.45, 2.75) is 32.8 Å². The summed E-state index contributed by atoms with van der Waals surface area (Å²) in [6.07, 6.45) is 0.0842. The van der Waals surface area contributed by atoms with E-state index < -0.39 is 11.7 Å². The van der Waals surface area contributed by atoms with Crippen LogP contribution in [0.4, 0.5) is 4.79 Å². The highest BCUT2D eigenvalue weighted by Crippen LogP contribution is 2.05. The Kier molecular flexibility index (Phi) is 5.41. The maximum absolute atomic E-state index is 11.0. The first-order chi connectivity index (χ1) is 5.95. The molecule has 0 bridgehead atoms. The Bertz CT molecular complexity index is 154. The highest BCUT2D eigenvalue weighted by molar-refractivity contribution is 5.66. The summed E-state index contributed by atoms with van der Waals surface area (Å²) in [6.45, 7) is 6.00. The van der Waals surface area contributed by atoms with E-state index in [1.54, 1.807) is 20.8 Å². The van der Waals surface area contributed by atoms with E-state index in [2.05, 4.69) is 10.9 Å². The van der Waals surface area contributed by atoms with Crippen LogP contribution in [0.25, 0.3) is 0 Å². The summed E-state index contributed by atoms with van der Waals surface area (Å²) in [7, 11) is 0. The molecule has 13 heavy (non-hydrogen) atoms. The Labute approximate surface area is 78.4 Å². The van der Waals surface area contributed by atoms with Gasteiger partial charge in [0.25, 0.3) is 0 Å². The first kappa shape index (κ1) is 12.2. The molecule has 0 rings (SSSR count). The standard InChI is InChI=1S/C8H18N2O3/c1-8(2,3)13-7(12)10-9-5-4-6-11/h9,11H,4-6H2,1-3H3,(H,10,12). The van der Waals surface area contributed by atoms with Crippen LogP contribution in [0.2, 0.25) is 0 Å². The van der Waals surface area contributed by atoms with Crippen LogP contribution in [0.15, 0.2) is 0 Å². The Morgan fingerprint density at radius 1 is 1.46 bits per heavy atom. The number of carbonyl (C=O) groups excluding carboxylic acids is 1. The van der Waals surface area contributed by atoms with Crippen LogP contribution >= 0.6 is 0 Å². The molecular weight excluding hydrogens is 172 g/mol. The van der Waals surface area contributed by atoms with E-state index >= 15 is 0 Å². The minimum Gasteiger partial charge on any atom is -0.443 e. The number of ether oxygens (including phenoxy) is 1. The number of hydrazine groups is 1. The zero-order valence-electron chi connectivity index (χ0n) is 8.39. The largest absolute Gasteiger partial charge is 0.443 e. The van der Waals surface area contributed by atoms with Crippen LogP contribution in [-0.4, -0.2) is 30.0 Å². The molecule has 0 aromatic carbocycles. The van der Waals surface area contributed by atoms with Crippen LogP contribution in [0.3, 0.4) is 0 Å². The highest BCUT2D eigenvalue weighted by Gasteiger charge is 2.15. The molecule has 0 fully saturated rings. The number of nitrogens with one attached hydrogen (secondary N) is 2. The van der Waals surface area contributed by atoms with Gasteiger partial charge in [0.1, 0.15) is 5.60 Å². The van der Waals surface area contributed by atoms with Crippen molar-refractivity contribution in [1.82, 2.24) is 10.9 Å².